The van der Waals surface area contributed by atoms with Gasteiger partial charge in [-0.05, 0) is 53.5 Å². The van der Waals surface area contributed by atoms with Crippen molar-refractivity contribution in [2.45, 2.75) is 24.5 Å². The SMILES string of the molecule is CCOC(=O)c1c(CSc2ccccc2C)[nH]c2cc(Br)c(O)cc12. The molecule has 2 N–H and O–H groups in total. The van der Waals surface area contributed by atoms with Gasteiger partial charge in [0, 0.05) is 27.2 Å². The average molecular weight is 420 g/mol. The van der Waals surface area contributed by atoms with E-state index in [0.29, 0.717) is 27.8 Å². The largest absolute Gasteiger partial charge is 0.507 e. The Morgan fingerprint density at radius 2 is 2.08 bits per heavy atom. The zero-order valence-electron chi connectivity index (χ0n) is 13.9. The van der Waals surface area contributed by atoms with Gasteiger partial charge in [0.15, 0.2) is 0 Å². The molecule has 6 heteroatoms. The number of phenols is 1. The molecule has 2 aromatic carbocycles. The van der Waals surface area contributed by atoms with Crippen molar-refractivity contribution >= 4 is 44.6 Å². The van der Waals surface area contributed by atoms with Crippen LogP contribution >= 0.6 is 27.7 Å². The summed E-state index contributed by atoms with van der Waals surface area (Å²) in [5.41, 5.74) is 3.26. The highest BCUT2D eigenvalue weighted by atomic mass is 79.9. The predicted octanol–water partition coefficient (Wildman–Crippen LogP) is 5.41. The van der Waals surface area contributed by atoms with Gasteiger partial charge in [-0.2, -0.15) is 0 Å². The summed E-state index contributed by atoms with van der Waals surface area (Å²) in [5, 5.41) is 10.7. The van der Waals surface area contributed by atoms with Gasteiger partial charge in [-0.3, -0.25) is 0 Å². The fraction of sp³-hybridized carbons (Fsp3) is 0.211. The number of carbonyl (C=O) groups excluding carboxylic acids is 1. The first kappa shape index (κ1) is 17.9. The average Bonchev–Trinajstić information content (AvgIpc) is 2.92. The molecule has 0 amide bonds. The van der Waals surface area contributed by atoms with Crippen LogP contribution in [0.1, 0.15) is 28.5 Å². The van der Waals surface area contributed by atoms with Crippen LogP contribution in [0.2, 0.25) is 0 Å². The minimum absolute atomic E-state index is 0.0927. The van der Waals surface area contributed by atoms with E-state index in [4.69, 9.17) is 4.74 Å². The molecule has 25 heavy (non-hydrogen) atoms. The molecule has 0 aliphatic rings. The molecule has 0 aliphatic carbocycles. The summed E-state index contributed by atoms with van der Waals surface area (Å²) in [4.78, 5) is 16.9. The fourth-order valence-corrected chi connectivity index (χ4v) is 4.00. The number of carbonyl (C=O) groups is 1. The zero-order valence-corrected chi connectivity index (χ0v) is 16.3. The molecule has 130 valence electrons. The molecule has 0 fully saturated rings. The number of benzene rings is 2. The van der Waals surface area contributed by atoms with Crippen LogP contribution in [0, 0.1) is 6.92 Å². The topological polar surface area (TPSA) is 62.3 Å². The lowest BCUT2D eigenvalue weighted by atomic mass is 10.1. The maximum Gasteiger partial charge on any atom is 0.340 e. The summed E-state index contributed by atoms with van der Waals surface area (Å²) in [6, 6.07) is 11.5. The number of esters is 1. The Morgan fingerprint density at radius 3 is 2.80 bits per heavy atom. The van der Waals surface area contributed by atoms with Crippen LogP contribution in [0.3, 0.4) is 0 Å². The van der Waals surface area contributed by atoms with Crippen molar-refractivity contribution < 1.29 is 14.6 Å². The highest BCUT2D eigenvalue weighted by Crippen LogP contribution is 2.35. The number of ether oxygens (including phenoxy) is 1. The number of hydrogen-bond donors (Lipinski definition) is 2. The second kappa shape index (κ2) is 7.54. The third kappa shape index (κ3) is 3.70. The molecule has 0 saturated heterocycles. The first-order chi connectivity index (χ1) is 12.0. The monoisotopic (exact) mass is 419 g/mol. The summed E-state index contributed by atoms with van der Waals surface area (Å²) in [6.07, 6.45) is 0. The Morgan fingerprint density at radius 1 is 1.32 bits per heavy atom. The first-order valence-electron chi connectivity index (χ1n) is 7.90. The second-order valence-electron chi connectivity index (χ2n) is 5.60. The van der Waals surface area contributed by atoms with Crippen LogP contribution in [0.5, 0.6) is 5.75 Å². The van der Waals surface area contributed by atoms with Gasteiger partial charge in [-0.25, -0.2) is 4.79 Å². The minimum atomic E-state index is -0.379. The van der Waals surface area contributed by atoms with E-state index in [2.05, 4.69) is 40.0 Å². The summed E-state index contributed by atoms with van der Waals surface area (Å²) in [6.45, 7) is 4.15. The van der Waals surface area contributed by atoms with E-state index in [0.717, 1.165) is 11.2 Å². The van der Waals surface area contributed by atoms with E-state index in [-0.39, 0.29) is 11.7 Å². The number of nitrogens with one attached hydrogen (secondary N) is 1. The predicted molar refractivity (Wildman–Crippen MR) is 104 cm³/mol. The normalized spacial score (nSPS) is 11.0. The first-order valence-corrected chi connectivity index (χ1v) is 9.67. The highest BCUT2D eigenvalue weighted by Gasteiger charge is 2.21. The number of H-pyrrole nitrogens is 1. The maximum atomic E-state index is 12.5. The summed E-state index contributed by atoms with van der Waals surface area (Å²) >= 11 is 4.97. The Bertz CT molecular complexity index is 936. The van der Waals surface area contributed by atoms with Crippen molar-refractivity contribution in [2.75, 3.05) is 6.61 Å². The summed E-state index contributed by atoms with van der Waals surface area (Å²) in [7, 11) is 0. The van der Waals surface area contributed by atoms with Gasteiger partial charge in [0.2, 0.25) is 0 Å². The molecule has 1 aromatic heterocycles. The lowest BCUT2D eigenvalue weighted by molar-refractivity contribution is 0.0528. The molecule has 3 aromatic rings. The molecular weight excluding hydrogens is 402 g/mol. The van der Waals surface area contributed by atoms with E-state index >= 15 is 0 Å². The number of rotatable bonds is 5. The Balaban J connectivity index is 2.02. The van der Waals surface area contributed by atoms with Gasteiger partial charge < -0.3 is 14.8 Å². The van der Waals surface area contributed by atoms with Gasteiger partial charge in [-0.15, -0.1) is 11.8 Å². The van der Waals surface area contributed by atoms with Crippen molar-refractivity contribution in [2.24, 2.45) is 0 Å². The number of thioether (sulfide) groups is 1. The van der Waals surface area contributed by atoms with E-state index < -0.39 is 0 Å². The molecule has 0 aliphatic heterocycles. The number of aromatic amines is 1. The molecule has 1 heterocycles. The summed E-state index contributed by atoms with van der Waals surface area (Å²) < 4.78 is 5.80. The highest BCUT2D eigenvalue weighted by molar-refractivity contribution is 9.10. The van der Waals surface area contributed by atoms with Crippen molar-refractivity contribution in [3.05, 3.63) is 57.7 Å². The Labute approximate surface area is 158 Å². The number of aryl methyl sites for hydroxylation is 1. The molecule has 0 atom stereocenters. The quantitative estimate of drug-likeness (QED) is 0.428. The van der Waals surface area contributed by atoms with Gasteiger partial charge in [0.1, 0.15) is 5.75 Å². The molecule has 0 bridgehead atoms. The zero-order chi connectivity index (χ0) is 18.0. The van der Waals surface area contributed by atoms with Crippen LogP contribution < -0.4 is 0 Å². The number of fused-ring (bicyclic) bond motifs is 1. The van der Waals surface area contributed by atoms with Crippen LogP contribution in [0.25, 0.3) is 10.9 Å². The molecule has 0 radical (unpaired) electrons. The number of aromatic hydroxyl groups is 1. The van der Waals surface area contributed by atoms with Gasteiger partial charge >= 0.3 is 5.97 Å². The smallest absolute Gasteiger partial charge is 0.340 e. The van der Waals surface area contributed by atoms with Gasteiger partial charge in [0.05, 0.1) is 16.6 Å². The molecule has 3 rings (SSSR count). The van der Waals surface area contributed by atoms with Crippen LogP contribution in [0.15, 0.2) is 45.8 Å². The Kier molecular flexibility index (Phi) is 5.39. The van der Waals surface area contributed by atoms with Crippen LogP contribution in [0.4, 0.5) is 0 Å². The van der Waals surface area contributed by atoms with Crippen molar-refractivity contribution in [1.29, 1.82) is 0 Å². The number of halogens is 1. The molecule has 4 nitrogen and oxygen atoms in total. The van der Waals surface area contributed by atoms with E-state index in [1.165, 1.54) is 10.5 Å². The van der Waals surface area contributed by atoms with Crippen LogP contribution in [-0.4, -0.2) is 22.7 Å². The number of hydrogen-bond acceptors (Lipinski definition) is 4. The third-order valence-corrected chi connectivity index (χ3v) is 5.73. The van der Waals surface area contributed by atoms with Crippen LogP contribution in [-0.2, 0) is 10.5 Å². The van der Waals surface area contributed by atoms with Crippen molar-refractivity contribution in [3.63, 3.8) is 0 Å². The second-order valence-corrected chi connectivity index (χ2v) is 7.47. The fourth-order valence-electron chi connectivity index (χ4n) is 2.67. The molecule has 0 saturated carbocycles. The molecular formula is C19H18BrNO3S. The van der Waals surface area contributed by atoms with Gasteiger partial charge in [0.25, 0.3) is 0 Å². The lowest BCUT2D eigenvalue weighted by Crippen LogP contribution is -2.06. The minimum Gasteiger partial charge on any atom is -0.507 e. The van der Waals surface area contributed by atoms with E-state index in [9.17, 15) is 9.90 Å². The summed E-state index contributed by atoms with van der Waals surface area (Å²) in [5.74, 6) is 0.317. The Hall–Kier alpha value is -1.92. The van der Waals surface area contributed by atoms with Crippen molar-refractivity contribution in [1.82, 2.24) is 4.98 Å². The maximum absolute atomic E-state index is 12.5. The standard InChI is InChI=1S/C19H18BrNO3S/c1-3-24-19(23)18-12-8-16(22)13(20)9-14(12)21-15(18)10-25-17-7-5-4-6-11(17)2/h4-9,21-22H,3,10H2,1-2H3. The van der Waals surface area contributed by atoms with E-state index in [1.807, 2.05) is 12.1 Å². The third-order valence-electron chi connectivity index (χ3n) is 3.89. The van der Waals surface area contributed by atoms with E-state index in [1.54, 1.807) is 30.8 Å². The van der Waals surface area contributed by atoms with Crippen molar-refractivity contribution in [3.8, 4) is 5.75 Å². The van der Waals surface area contributed by atoms with Gasteiger partial charge in [-0.1, -0.05) is 18.2 Å². The number of phenolic OH excluding ortho intramolecular Hbond substituents is 1. The number of aromatic nitrogens is 1. The molecule has 0 spiro atoms. The lowest BCUT2D eigenvalue weighted by Gasteiger charge is -2.07. The molecule has 0 unspecified atom stereocenters.